The molecule has 3 N–H and O–H groups in total. The Morgan fingerprint density at radius 3 is 2.08 bits per heavy atom. The fraction of sp³-hybridized carbons (Fsp3) is 0.562. The largest absolute Gasteiger partial charge is 0.481 e. The first-order chi connectivity index (χ1) is 11.3. The topological polar surface area (TPSA) is 63.3 Å². The predicted molar refractivity (Wildman–Crippen MR) is 78.8 cm³/mol. The molecule has 0 aliphatic carbocycles. The number of carboxylic acids is 1. The van der Waals surface area contributed by atoms with Crippen molar-refractivity contribution >= 4 is 5.97 Å². The van der Waals surface area contributed by atoms with Crippen molar-refractivity contribution in [2.24, 2.45) is 17.6 Å². The van der Waals surface area contributed by atoms with Crippen LogP contribution < -0.4 is 5.73 Å². The van der Waals surface area contributed by atoms with Gasteiger partial charge in [0.2, 0.25) is 0 Å². The van der Waals surface area contributed by atoms with E-state index in [1.807, 2.05) is 0 Å². The third-order valence-corrected chi connectivity index (χ3v) is 4.32. The van der Waals surface area contributed by atoms with Crippen LogP contribution in [0.4, 0.5) is 26.3 Å². The lowest BCUT2D eigenvalue weighted by molar-refractivity contribution is -0.144. The van der Waals surface area contributed by atoms with Crippen molar-refractivity contribution in [3.63, 3.8) is 0 Å². The molecule has 25 heavy (non-hydrogen) atoms. The van der Waals surface area contributed by atoms with Crippen molar-refractivity contribution < 1.29 is 36.2 Å². The summed E-state index contributed by atoms with van der Waals surface area (Å²) in [6.07, 6.45) is -9.82. The van der Waals surface area contributed by atoms with E-state index in [1.165, 1.54) is 6.92 Å². The lowest BCUT2D eigenvalue weighted by Crippen LogP contribution is -2.27. The Morgan fingerprint density at radius 2 is 1.68 bits per heavy atom. The van der Waals surface area contributed by atoms with Crippen molar-refractivity contribution in [3.8, 4) is 0 Å². The first-order valence-electron chi connectivity index (χ1n) is 7.50. The van der Waals surface area contributed by atoms with E-state index in [0.717, 1.165) is 6.07 Å². The molecule has 1 rings (SSSR count). The Labute approximate surface area is 140 Å². The van der Waals surface area contributed by atoms with Gasteiger partial charge in [-0.1, -0.05) is 19.9 Å². The smallest absolute Gasteiger partial charge is 0.416 e. The van der Waals surface area contributed by atoms with Crippen molar-refractivity contribution in [1.82, 2.24) is 0 Å². The maximum atomic E-state index is 13.2. The highest BCUT2D eigenvalue weighted by molar-refractivity contribution is 5.70. The van der Waals surface area contributed by atoms with E-state index >= 15 is 0 Å². The number of carboxylic acid groups (broad SMARTS) is 1. The van der Waals surface area contributed by atoms with Gasteiger partial charge in [0.15, 0.2) is 0 Å². The van der Waals surface area contributed by atoms with Crippen LogP contribution in [0.25, 0.3) is 0 Å². The van der Waals surface area contributed by atoms with Gasteiger partial charge in [0.1, 0.15) is 0 Å². The summed E-state index contributed by atoms with van der Waals surface area (Å²) in [7, 11) is 0. The van der Waals surface area contributed by atoms with Crippen molar-refractivity contribution in [2.75, 3.05) is 6.54 Å². The molecule has 0 heterocycles. The van der Waals surface area contributed by atoms with Crippen molar-refractivity contribution in [2.45, 2.75) is 38.5 Å². The van der Waals surface area contributed by atoms with Crippen LogP contribution in [-0.2, 0) is 17.1 Å². The molecule has 1 aromatic rings. The Morgan fingerprint density at radius 1 is 1.12 bits per heavy atom. The van der Waals surface area contributed by atoms with Crippen LogP contribution in [0.15, 0.2) is 18.2 Å². The quantitative estimate of drug-likeness (QED) is 0.723. The molecule has 0 aliphatic rings. The molecule has 0 fully saturated rings. The van der Waals surface area contributed by atoms with E-state index in [4.69, 9.17) is 10.8 Å². The van der Waals surface area contributed by atoms with Crippen LogP contribution in [0.2, 0.25) is 0 Å². The number of benzene rings is 1. The normalized spacial score (nSPS) is 16.4. The Kier molecular flexibility index (Phi) is 6.50. The minimum absolute atomic E-state index is 0.0192. The molecular weight excluding hydrogens is 352 g/mol. The van der Waals surface area contributed by atoms with Crippen LogP contribution in [0.5, 0.6) is 0 Å². The summed E-state index contributed by atoms with van der Waals surface area (Å²) in [5, 5.41) is 9.00. The summed E-state index contributed by atoms with van der Waals surface area (Å²) < 4.78 is 77.8. The molecule has 0 aliphatic heterocycles. The first kappa shape index (κ1) is 21.3. The molecule has 0 radical (unpaired) electrons. The molecule has 3 atom stereocenters. The maximum absolute atomic E-state index is 13.2. The van der Waals surface area contributed by atoms with E-state index in [0.29, 0.717) is 6.07 Å². The number of aliphatic carboxylic acids is 1. The average Bonchev–Trinajstić information content (AvgIpc) is 2.48. The third kappa shape index (κ3) is 5.35. The van der Waals surface area contributed by atoms with Gasteiger partial charge in [-0.2, -0.15) is 26.3 Å². The second kappa shape index (κ2) is 7.63. The number of rotatable bonds is 6. The van der Waals surface area contributed by atoms with Gasteiger partial charge in [0.25, 0.3) is 0 Å². The molecule has 0 saturated heterocycles. The van der Waals surface area contributed by atoms with E-state index < -0.39 is 47.2 Å². The van der Waals surface area contributed by atoms with Gasteiger partial charge >= 0.3 is 18.3 Å². The zero-order valence-electron chi connectivity index (χ0n) is 13.6. The molecule has 142 valence electrons. The van der Waals surface area contributed by atoms with E-state index in [1.54, 1.807) is 6.92 Å². The minimum Gasteiger partial charge on any atom is -0.481 e. The van der Waals surface area contributed by atoms with Crippen LogP contribution in [-0.4, -0.2) is 17.6 Å². The maximum Gasteiger partial charge on any atom is 0.416 e. The van der Waals surface area contributed by atoms with Gasteiger partial charge in [0, 0.05) is 6.54 Å². The number of hydrogen-bond acceptors (Lipinski definition) is 2. The standard InChI is InChI=1S/C16H19F6NO2/c1-8(5-10(7-23)14(24)25)9(2)12-4-3-11(15(17,18)19)6-13(12)16(20,21)22/h3-4,6,8-10H,5,7,23H2,1-2H3,(H,24,25). The van der Waals surface area contributed by atoms with Gasteiger partial charge in [-0.25, -0.2) is 0 Å². The molecule has 3 nitrogen and oxygen atoms in total. The first-order valence-corrected chi connectivity index (χ1v) is 7.50. The summed E-state index contributed by atoms with van der Waals surface area (Å²) in [5.74, 6) is -3.42. The molecule has 0 amide bonds. The molecule has 0 aromatic heterocycles. The lowest BCUT2D eigenvalue weighted by Gasteiger charge is -2.26. The van der Waals surface area contributed by atoms with Crippen LogP contribution >= 0.6 is 0 Å². The van der Waals surface area contributed by atoms with Gasteiger partial charge in [-0.3, -0.25) is 4.79 Å². The number of nitrogens with two attached hydrogens (primary N) is 1. The zero-order chi connectivity index (χ0) is 19.6. The van der Waals surface area contributed by atoms with E-state index in [2.05, 4.69) is 0 Å². The SMILES string of the molecule is CC(CC(CN)C(=O)O)C(C)c1ccc(C(F)(F)F)cc1C(F)(F)F. The highest BCUT2D eigenvalue weighted by Gasteiger charge is 2.39. The van der Waals surface area contributed by atoms with E-state index in [9.17, 15) is 31.1 Å². The van der Waals surface area contributed by atoms with Gasteiger partial charge in [-0.05, 0) is 36.0 Å². The highest BCUT2D eigenvalue weighted by atomic mass is 19.4. The van der Waals surface area contributed by atoms with E-state index in [-0.39, 0.29) is 24.6 Å². The third-order valence-electron chi connectivity index (χ3n) is 4.32. The summed E-state index contributed by atoms with van der Waals surface area (Å²) in [6, 6.07) is 1.51. The second-order valence-electron chi connectivity index (χ2n) is 6.07. The Hall–Kier alpha value is -1.77. The zero-order valence-corrected chi connectivity index (χ0v) is 13.6. The number of carbonyl (C=O) groups is 1. The number of alkyl halides is 6. The molecule has 1 aromatic carbocycles. The molecule has 0 spiro atoms. The molecule has 0 saturated carbocycles. The summed E-state index contributed by atoms with van der Waals surface area (Å²) in [4.78, 5) is 11.0. The minimum atomic E-state index is -4.95. The van der Waals surface area contributed by atoms with Crippen molar-refractivity contribution in [3.05, 3.63) is 34.9 Å². The summed E-state index contributed by atoms with van der Waals surface area (Å²) in [5.41, 5.74) is 2.30. The van der Waals surface area contributed by atoms with Crippen LogP contribution in [0.3, 0.4) is 0 Å². The highest BCUT2D eigenvalue weighted by Crippen LogP contribution is 2.41. The van der Waals surface area contributed by atoms with Gasteiger partial charge in [0.05, 0.1) is 17.0 Å². The van der Waals surface area contributed by atoms with Crippen LogP contribution in [0, 0.1) is 11.8 Å². The predicted octanol–water partition coefficient (Wildman–Crippen LogP) is 4.51. The lowest BCUT2D eigenvalue weighted by atomic mass is 9.80. The average molecular weight is 371 g/mol. The molecule has 3 unspecified atom stereocenters. The van der Waals surface area contributed by atoms with Gasteiger partial charge in [-0.15, -0.1) is 0 Å². The summed E-state index contributed by atoms with van der Waals surface area (Å²) >= 11 is 0. The monoisotopic (exact) mass is 371 g/mol. The molecular formula is C16H19F6NO2. The molecule has 0 bridgehead atoms. The second-order valence-corrected chi connectivity index (χ2v) is 6.07. The summed E-state index contributed by atoms with van der Waals surface area (Å²) in [6.45, 7) is 2.80. The number of hydrogen-bond donors (Lipinski definition) is 2. The fourth-order valence-corrected chi connectivity index (χ4v) is 2.63. The van der Waals surface area contributed by atoms with Gasteiger partial charge < -0.3 is 10.8 Å². The van der Waals surface area contributed by atoms with Crippen LogP contribution in [0.1, 0.15) is 42.9 Å². The number of halogens is 6. The Bertz CT molecular complexity index is 612. The fourth-order valence-electron chi connectivity index (χ4n) is 2.63. The Balaban J connectivity index is 3.24. The van der Waals surface area contributed by atoms with Crippen molar-refractivity contribution in [1.29, 1.82) is 0 Å². The molecule has 9 heteroatoms.